The molecule has 24 heavy (non-hydrogen) atoms. The molecule has 1 atom stereocenters. The van der Waals surface area contributed by atoms with Crippen molar-refractivity contribution in [3.8, 4) is 0 Å². The molecule has 0 aliphatic carbocycles. The summed E-state index contributed by atoms with van der Waals surface area (Å²) in [7, 11) is 0. The molecule has 3 amide bonds. The molecule has 0 saturated carbocycles. The zero-order chi connectivity index (χ0) is 17.3. The zero-order valence-electron chi connectivity index (χ0n) is 12.5. The molecule has 2 aromatic rings. The van der Waals surface area contributed by atoms with Crippen molar-refractivity contribution in [2.75, 3.05) is 10.6 Å². The summed E-state index contributed by atoms with van der Waals surface area (Å²) >= 11 is 4.43. The van der Waals surface area contributed by atoms with E-state index in [9.17, 15) is 14.4 Å². The minimum Gasteiger partial charge on any atom is -0.365 e. The molecule has 1 aromatic carbocycles. The molecule has 8 heteroatoms. The summed E-state index contributed by atoms with van der Waals surface area (Å²) < 4.78 is 0.541. The number of rotatable bonds is 4. The predicted molar refractivity (Wildman–Crippen MR) is 96.0 cm³/mol. The highest BCUT2D eigenvalue weighted by Crippen LogP contribution is 2.32. The number of amides is 3. The number of para-hydroxylation sites is 1. The van der Waals surface area contributed by atoms with Crippen LogP contribution in [0.4, 0.5) is 10.7 Å². The number of fused-ring (bicyclic) bond motifs is 1. The third-order valence-corrected chi connectivity index (χ3v) is 5.61. The minimum atomic E-state index is -0.622. The van der Waals surface area contributed by atoms with Gasteiger partial charge in [0.15, 0.2) is 0 Å². The van der Waals surface area contributed by atoms with Gasteiger partial charge in [-0.05, 0) is 34.0 Å². The van der Waals surface area contributed by atoms with Crippen LogP contribution in [0.3, 0.4) is 0 Å². The number of nitrogens with one attached hydrogen (secondary N) is 2. The highest BCUT2D eigenvalue weighted by Gasteiger charge is 2.28. The molecule has 1 aliphatic heterocycles. The van der Waals surface area contributed by atoms with E-state index in [1.807, 2.05) is 24.3 Å². The smallest absolute Gasteiger partial charge is 0.252 e. The Morgan fingerprint density at radius 2 is 2.12 bits per heavy atom. The molecule has 2 heterocycles. The maximum absolute atomic E-state index is 12.3. The lowest BCUT2D eigenvalue weighted by Gasteiger charge is -2.24. The summed E-state index contributed by atoms with van der Waals surface area (Å²) in [4.78, 5) is 35.9. The second-order valence-electron chi connectivity index (χ2n) is 5.45. The molecule has 6 nitrogen and oxygen atoms in total. The van der Waals surface area contributed by atoms with Crippen molar-refractivity contribution >= 4 is 55.7 Å². The topological polar surface area (TPSA) is 101 Å². The molecule has 0 spiro atoms. The molecule has 0 bridgehead atoms. The van der Waals surface area contributed by atoms with Gasteiger partial charge in [-0.25, -0.2) is 0 Å². The molecule has 0 saturated heterocycles. The Morgan fingerprint density at radius 1 is 1.38 bits per heavy atom. The second kappa shape index (κ2) is 6.74. The van der Waals surface area contributed by atoms with Gasteiger partial charge >= 0.3 is 0 Å². The summed E-state index contributed by atoms with van der Waals surface area (Å²) in [5.41, 5.74) is 7.36. The highest BCUT2D eigenvalue weighted by atomic mass is 79.9. The number of nitrogens with two attached hydrogens (primary N) is 1. The maximum Gasteiger partial charge on any atom is 0.252 e. The van der Waals surface area contributed by atoms with E-state index in [-0.39, 0.29) is 23.8 Å². The van der Waals surface area contributed by atoms with Gasteiger partial charge in [0, 0.05) is 22.0 Å². The van der Waals surface area contributed by atoms with Crippen molar-refractivity contribution in [2.45, 2.75) is 12.8 Å². The van der Waals surface area contributed by atoms with Crippen molar-refractivity contribution in [1.82, 2.24) is 0 Å². The van der Waals surface area contributed by atoms with E-state index in [4.69, 9.17) is 5.73 Å². The van der Waals surface area contributed by atoms with Crippen molar-refractivity contribution in [3.05, 3.63) is 45.2 Å². The van der Waals surface area contributed by atoms with Gasteiger partial charge in [0.05, 0.1) is 11.5 Å². The summed E-state index contributed by atoms with van der Waals surface area (Å²) in [5, 5.41) is 7.55. The van der Waals surface area contributed by atoms with Gasteiger partial charge in [-0.2, -0.15) is 0 Å². The van der Waals surface area contributed by atoms with Crippen LogP contribution in [-0.2, 0) is 16.0 Å². The van der Waals surface area contributed by atoms with Crippen molar-refractivity contribution in [2.24, 2.45) is 11.7 Å². The van der Waals surface area contributed by atoms with Gasteiger partial charge in [-0.15, -0.1) is 11.3 Å². The fourth-order valence-electron chi connectivity index (χ4n) is 2.64. The third kappa shape index (κ3) is 3.34. The zero-order valence-corrected chi connectivity index (χ0v) is 14.9. The van der Waals surface area contributed by atoms with E-state index in [0.29, 0.717) is 15.9 Å². The Labute approximate surface area is 150 Å². The largest absolute Gasteiger partial charge is 0.365 e. The summed E-state index contributed by atoms with van der Waals surface area (Å²) in [6.07, 6.45) is 0.542. The molecule has 1 unspecified atom stereocenters. The average molecular weight is 408 g/mol. The van der Waals surface area contributed by atoms with E-state index < -0.39 is 11.8 Å². The number of anilines is 2. The lowest BCUT2D eigenvalue weighted by molar-refractivity contribution is -0.125. The third-order valence-electron chi connectivity index (χ3n) is 3.79. The fourth-order valence-corrected chi connectivity index (χ4v) is 4.28. The number of thiophene rings is 1. The molecule has 0 radical (unpaired) electrons. The van der Waals surface area contributed by atoms with Crippen LogP contribution < -0.4 is 16.4 Å². The van der Waals surface area contributed by atoms with E-state index in [1.54, 1.807) is 5.38 Å². The number of benzene rings is 1. The minimum absolute atomic E-state index is 0.0356. The fraction of sp³-hybridized carbons (Fsp3) is 0.188. The van der Waals surface area contributed by atoms with Gasteiger partial charge in [0.2, 0.25) is 11.8 Å². The Morgan fingerprint density at radius 3 is 2.88 bits per heavy atom. The predicted octanol–water partition coefficient (Wildman–Crippen LogP) is 2.75. The lowest BCUT2D eigenvalue weighted by Crippen LogP contribution is -2.33. The first-order valence-corrected chi connectivity index (χ1v) is 8.88. The molecule has 0 fully saturated rings. The first-order chi connectivity index (χ1) is 11.5. The van der Waals surface area contributed by atoms with Crippen LogP contribution in [0.2, 0.25) is 0 Å². The number of carbonyl (C=O) groups is 3. The first-order valence-electron chi connectivity index (χ1n) is 7.21. The van der Waals surface area contributed by atoms with Gasteiger partial charge in [0.1, 0.15) is 5.00 Å². The van der Waals surface area contributed by atoms with Crippen LogP contribution in [0.25, 0.3) is 0 Å². The van der Waals surface area contributed by atoms with Crippen LogP contribution in [-0.4, -0.2) is 17.7 Å². The highest BCUT2D eigenvalue weighted by molar-refractivity contribution is 9.10. The molecule has 1 aliphatic rings. The van der Waals surface area contributed by atoms with Gasteiger partial charge in [-0.3, -0.25) is 14.4 Å². The number of primary amides is 1. The molecular formula is C16H14BrN3O3S. The SMILES string of the molecule is NC(=O)c1c(Br)csc1NC(=O)CC1Cc2ccccc2NC1=O. The van der Waals surface area contributed by atoms with Crippen LogP contribution >= 0.6 is 27.3 Å². The summed E-state index contributed by atoms with van der Waals surface area (Å²) in [5.74, 6) is -1.57. The first kappa shape index (κ1) is 16.7. The Bertz CT molecular complexity index is 834. The van der Waals surface area contributed by atoms with Crippen molar-refractivity contribution in [3.63, 3.8) is 0 Å². The number of hydrogen-bond donors (Lipinski definition) is 3. The van der Waals surface area contributed by atoms with Crippen molar-refractivity contribution < 1.29 is 14.4 Å². The summed E-state index contributed by atoms with van der Waals surface area (Å²) in [6, 6.07) is 7.52. The van der Waals surface area contributed by atoms with E-state index in [0.717, 1.165) is 11.3 Å². The summed E-state index contributed by atoms with van der Waals surface area (Å²) in [6.45, 7) is 0. The normalized spacial score (nSPS) is 16.2. The van der Waals surface area contributed by atoms with E-state index in [2.05, 4.69) is 26.6 Å². The maximum atomic E-state index is 12.3. The van der Waals surface area contributed by atoms with Crippen LogP contribution in [0, 0.1) is 5.92 Å². The van der Waals surface area contributed by atoms with E-state index in [1.165, 1.54) is 11.3 Å². The molecule has 124 valence electrons. The van der Waals surface area contributed by atoms with Gasteiger partial charge < -0.3 is 16.4 Å². The number of hydrogen-bond acceptors (Lipinski definition) is 4. The Hall–Kier alpha value is -2.19. The lowest BCUT2D eigenvalue weighted by atomic mass is 9.90. The van der Waals surface area contributed by atoms with Gasteiger partial charge in [0.25, 0.3) is 5.91 Å². The molecule has 3 rings (SSSR count). The number of halogens is 1. The van der Waals surface area contributed by atoms with Crippen LogP contribution in [0.1, 0.15) is 22.3 Å². The van der Waals surface area contributed by atoms with Crippen LogP contribution in [0.15, 0.2) is 34.1 Å². The Kier molecular flexibility index (Phi) is 4.68. The molecule has 1 aromatic heterocycles. The monoisotopic (exact) mass is 407 g/mol. The molecule has 4 N–H and O–H groups in total. The Balaban J connectivity index is 1.70. The quantitative estimate of drug-likeness (QED) is 0.725. The van der Waals surface area contributed by atoms with Gasteiger partial charge in [-0.1, -0.05) is 18.2 Å². The number of carbonyl (C=O) groups excluding carboxylic acids is 3. The average Bonchev–Trinajstić information content (AvgIpc) is 2.88. The molecular weight excluding hydrogens is 394 g/mol. The van der Waals surface area contributed by atoms with Crippen molar-refractivity contribution in [1.29, 1.82) is 0 Å². The van der Waals surface area contributed by atoms with E-state index >= 15 is 0 Å². The van der Waals surface area contributed by atoms with Crippen LogP contribution in [0.5, 0.6) is 0 Å². The standard InChI is InChI=1S/C16H14BrN3O3S/c17-10-7-24-16(13(10)14(18)22)20-12(21)6-9-5-8-3-1-2-4-11(8)19-15(9)23/h1-4,7,9H,5-6H2,(H2,18,22)(H,19,23)(H,20,21). The second-order valence-corrected chi connectivity index (χ2v) is 7.19.